The van der Waals surface area contributed by atoms with Gasteiger partial charge in [-0.25, -0.2) is 9.97 Å². The number of hydrogen-bond acceptors (Lipinski definition) is 4. The number of nitrogens with zero attached hydrogens (tertiary/aromatic N) is 4. The molecule has 0 fully saturated rings. The topological polar surface area (TPSA) is 32.3 Å². The van der Waals surface area contributed by atoms with Crippen LogP contribution in [-0.4, -0.2) is 49.1 Å². The van der Waals surface area contributed by atoms with Gasteiger partial charge in [0.05, 0.1) is 0 Å². The van der Waals surface area contributed by atoms with Crippen molar-refractivity contribution in [2.45, 2.75) is 6.42 Å². The summed E-state index contributed by atoms with van der Waals surface area (Å²) in [5.41, 5.74) is 0.975. The smallest absolute Gasteiger partial charge is 0.163 e. The summed E-state index contributed by atoms with van der Waals surface area (Å²) in [5, 5.41) is 0.471. The molecule has 21 heavy (non-hydrogen) atoms. The van der Waals surface area contributed by atoms with Crippen molar-refractivity contribution in [2.24, 2.45) is 0 Å². The molecule has 1 aromatic carbocycles. The zero-order valence-electron chi connectivity index (χ0n) is 12.8. The van der Waals surface area contributed by atoms with E-state index in [1.54, 1.807) is 0 Å². The largest absolute Gasteiger partial charge is 0.359 e. The van der Waals surface area contributed by atoms with E-state index in [1.165, 1.54) is 0 Å². The molecule has 4 nitrogen and oxygen atoms in total. The molecular formula is C16H21ClN4. The minimum absolute atomic E-state index is 0.471. The second-order valence-corrected chi connectivity index (χ2v) is 5.70. The third-order valence-electron chi connectivity index (χ3n) is 3.20. The summed E-state index contributed by atoms with van der Waals surface area (Å²) in [6.45, 7) is 1.98. The molecule has 0 aliphatic heterocycles. The Morgan fingerprint density at radius 2 is 1.71 bits per heavy atom. The van der Waals surface area contributed by atoms with Gasteiger partial charge in [-0.15, -0.1) is 0 Å². The van der Waals surface area contributed by atoms with Crippen LogP contribution in [-0.2, 0) is 0 Å². The van der Waals surface area contributed by atoms with Crippen molar-refractivity contribution < 1.29 is 0 Å². The Kier molecular flexibility index (Phi) is 5.53. The fourth-order valence-electron chi connectivity index (χ4n) is 2.06. The maximum absolute atomic E-state index is 6.14. The number of rotatable bonds is 6. The maximum atomic E-state index is 6.14. The first-order valence-corrected chi connectivity index (χ1v) is 7.40. The molecule has 2 aromatic rings. The number of hydrogen-bond donors (Lipinski definition) is 0. The van der Waals surface area contributed by atoms with Gasteiger partial charge in [-0.3, -0.25) is 0 Å². The Morgan fingerprint density at radius 3 is 2.38 bits per heavy atom. The van der Waals surface area contributed by atoms with Gasteiger partial charge in [0, 0.05) is 25.2 Å². The Labute approximate surface area is 131 Å². The lowest BCUT2D eigenvalue weighted by Crippen LogP contribution is -2.24. The highest BCUT2D eigenvalue weighted by atomic mass is 35.5. The number of benzene rings is 1. The summed E-state index contributed by atoms with van der Waals surface area (Å²) in [4.78, 5) is 13.2. The lowest BCUT2D eigenvalue weighted by Gasteiger charge is -2.20. The highest BCUT2D eigenvalue weighted by Crippen LogP contribution is 2.21. The van der Waals surface area contributed by atoms with Crippen molar-refractivity contribution in [3.05, 3.63) is 41.6 Å². The summed E-state index contributed by atoms with van der Waals surface area (Å²) in [7, 11) is 6.19. The quantitative estimate of drug-likeness (QED) is 0.767. The SMILES string of the molecule is CN(C)CCCN(C)c1cc(Cl)nc(-c2ccccc2)n1. The van der Waals surface area contributed by atoms with Gasteiger partial charge in [0.2, 0.25) is 0 Å². The predicted molar refractivity (Wildman–Crippen MR) is 88.9 cm³/mol. The molecule has 5 heteroatoms. The second-order valence-electron chi connectivity index (χ2n) is 5.32. The summed E-state index contributed by atoms with van der Waals surface area (Å²) < 4.78 is 0. The summed E-state index contributed by atoms with van der Waals surface area (Å²) in [5.74, 6) is 1.52. The van der Waals surface area contributed by atoms with Gasteiger partial charge in [0.15, 0.2) is 5.82 Å². The predicted octanol–water partition coefficient (Wildman–Crippen LogP) is 3.18. The van der Waals surface area contributed by atoms with Crippen molar-refractivity contribution in [3.63, 3.8) is 0 Å². The van der Waals surface area contributed by atoms with Gasteiger partial charge >= 0.3 is 0 Å². The van der Waals surface area contributed by atoms with Crippen LogP contribution in [0.2, 0.25) is 5.15 Å². The monoisotopic (exact) mass is 304 g/mol. The average molecular weight is 305 g/mol. The van der Waals surface area contributed by atoms with Crippen LogP contribution >= 0.6 is 11.6 Å². The van der Waals surface area contributed by atoms with Crippen LogP contribution in [0.4, 0.5) is 5.82 Å². The van der Waals surface area contributed by atoms with Crippen LogP contribution < -0.4 is 4.90 Å². The molecule has 0 amide bonds. The third kappa shape index (κ3) is 4.69. The molecule has 0 N–H and O–H groups in total. The number of anilines is 1. The van der Waals surface area contributed by atoms with E-state index in [1.807, 2.05) is 43.4 Å². The normalized spacial score (nSPS) is 10.9. The first-order chi connectivity index (χ1) is 10.1. The molecule has 1 heterocycles. The molecule has 0 aliphatic rings. The van der Waals surface area contributed by atoms with E-state index in [0.29, 0.717) is 11.0 Å². The Hall–Kier alpha value is -1.65. The van der Waals surface area contributed by atoms with Crippen LogP contribution in [0.3, 0.4) is 0 Å². The zero-order chi connectivity index (χ0) is 15.2. The van der Waals surface area contributed by atoms with Crippen molar-refractivity contribution in [1.29, 1.82) is 0 Å². The van der Waals surface area contributed by atoms with E-state index in [0.717, 1.165) is 30.9 Å². The van der Waals surface area contributed by atoms with Crippen molar-refractivity contribution in [2.75, 3.05) is 39.1 Å². The van der Waals surface area contributed by atoms with Crippen molar-refractivity contribution in [3.8, 4) is 11.4 Å². The number of aromatic nitrogens is 2. The first-order valence-electron chi connectivity index (χ1n) is 7.02. The van der Waals surface area contributed by atoms with E-state index in [-0.39, 0.29) is 0 Å². The summed E-state index contributed by atoms with van der Waals surface area (Å²) in [6, 6.07) is 11.7. The fraction of sp³-hybridized carbons (Fsp3) is 0.375. The average Bonchev–Trinajstić information content (AvgIpc) is 2.47. The molecule has 0 saturated heterocycles. The molecular weight excluding hydrogens is 284 g/mol. The third-order valence-corrected chi connectivity index (χ3v) is 3.40. The molecule has 2 rings (SSSR count). The maximum Gasteiger partial charge on any atom is 0.163 e. The van der Waals surface area contributed by atoms with Crippen molar-refractivity contribution >= 4 is 17.4 Å². The zero-order valence-corrected chi connectivity index (χ0v) is 13.5. The van der Waals surface area contributed by atoms with E-state index in [4.69, 9.17) is 11.6 Å². The molecule has 0 atom stereocenters. The molecule has 0 saturated carbocycles. The van der Waals surface area contributed by atoms with Gasteiger partial charge in [0.1, 0.15) is 11.0 Å². The van der Waals surface area contributed by atoms with E-state index >= 15 is 0 Å². The van der Waals surface area contributed by atoms with E-state index < -0.39 is 0 Å². The minimum Gasteiger partial charge on any atom is -0.359 e. The van der Waals surface area contributed by atoms with Crippen LogP contribution in [0.25, 0.3) is 11.4 Å². The van der Waals surface area contributed by atoms with Crippen LogP contribution in [0, 0.1) is 0 Å². The van der Waals surface area contributed by atoms with Gasteiger partial charge in [-0.2, -0.15) is 0 Å². The van der Waals surface area contributed by atoms with Gasteiger partial charge < -0.3 is 9.80 Å². The molecule has 0 unspecified atom stereocenters. The Bertz CT molecular complexity index is 572. The molecule has 0 bridgehead atoms. The van der Waals surface area contributed by atoms with Crippen molar-refractivity contribution in [1.82, 2.24) is 14.9 Å². The summed E-state index contributed by atoms with van der Waals surface area (Å²) in [6.07, 6.45) is 1.08. The van der Waals surface area contributed by atoms with Crippen LogP contribution in [0.5, 0.6) is 0 Å². The van der Waals surface area contributed by atoms with Crippen LogP contribution in [0.1, 0.15) is 6.42 Å². The standard InChI is InChI=1S/C16H21ClN4/c1-20(2)10-7-11-21(3)15-12-14(17)18-16(19-15)13-8-5-4-6-9-13/h4-6,8-9,12H,7,10-11H2,1-3H3. The second kappa shape index (κ2) is 7.38. The highest BCUT2D eigenvalue weighted by Gasteiger charge is 2.09. The van der Waals surface area contributed by atoms with E-state index in [9.17, 15) is 0 Å². The van der Waals surface area contributed by atoms with Crippen LogP contribution in [0.15, 0.2) is 36.4 Å². The molecule has 1 aromatic heterocycles. The fourth-order valence-corrected chi connectivity index (χ4v) is 2.23. The molecule has 0 spiro atoms. The molecule has 112 valence electrons. The van der Waals surface area contributed by atoms with Gasteiger partial charge in [-0.1, -0.05) is 41.9 Å². The lowest BCUT2D eigenvalue weighted by molar-refractivity contribution is 0.401. The van der Waals surface area contributed by atoms with Gasteiger partial charge in [-0.05, 0) is 27.1 Å². The van der Waals surface area contributed by atoms with Gasteiger partial charge in [0.25, 0.3) is 0 Å². The molecule has 0 aliphatic carbocycles. The number of halogens is 1. The Balaban J connectivity index is 2.15. The van der Waals surface area contributed by atoms with E-state index in [2.05, 4.69) is 33.9 Å². The first kappa shape index (κ1) is 15.7. The molecule has 0 radical (unpaired) electrons. The minimum atomic E-state index is 0.471. The Morgan fingerprint density at radius 1 is 1.00 bits per heavy atom. The highest BCUT2D eigenvalue weighted by molar-refractivity contribution is 6.29. The summed E-state index contributed by atoms with van der Waals surface area (Å²) >= 11 is 6.14. The lowest BCUT2D eigenvalue weighted by atomic mass is 10.2.